The van der Waals surface area contributed by atoms with Gasteiger partial charge in [-0.25, -0.2) is 0 Å². The first-order valence-corrected chi connectivity index (χ1v) is 13.8. The number of anilines is 2. The average molecular weight is 520 g/mol. The van der Waals surface area contributed by atoms with Crippen molar-refractivity contribution in [1.82, 2.24) is 25.7 Å². The first-order chi connectivity index (χ1) is 16.4. The fraction of sp³-hybridized carbons (Fsp3) is 0.455. The number of amides is 2. The molecule has 0 spiro atoms. The summed E-state index contributed by atoms with van der Waals surface area (Å²) in [5, 5.41) is 28.0. The molecule has 0 fully saturated rings. The van der Waals surface area contributed by atoms with Crippen molar-refractivity contribution in [1.29, 1.82) is 0 Å². The number of rotatable bonds is 13. The summed E-state index contributed by atoms with van der Waals surface area (Å²) in [5.41, 5.74) is 0.962. The molecule has 1 atom stereocenters. The first kappa shape index (κ1) is 26.2. The van der Waals surface area contributed by atoms with Gasteiger partial charge in [-0.05, 0) is 30.0 Å². The third-order valence-electron chi connectivity index (χ3n) is 4.80. The molecule has 2 amide bonds. The van der Waals surface area contributed by atoms with E-state index in [0.717, 1.165) is 39.9 Å². The van der Waals surface area contributed by atoms with E-state index in [0.29, 0.717) is 16.7 Å². The van der Waals surface area contributed by atoms with Crippen molar-refractivity contribution in [3.05, 3.63) is 45.9 Å². The van der Waals surface area contributed by atoms with E-state index < -0.39 is 0 Å². The molecule has 3 rings (SSSR count). The molecule has 0 saturated heterocycles. The molecule has 0 radical (unpaired) electrons. The highest BCUT2D eigenvalue weighted by molar-refractivity contribution is 7.99. The van der Waals surface area contributed by atoms with Crippen molar-refractivity contribution in [3.8, 4) is 0 Å². The Kier molecular flexibility index (Phi) is 10.4. The number of carbonyl (C=O) groups excluding carboxylic acids is 2. The SMILES string of the molecule is CNC(C(=O)Nc1nnc(CCSCCc2nnc(NC(=O)Cc3ccccc3)s2)s1)C(C)C. The highest BCUT2D eigenvalue weighted by Crippen LogP contribution is 2.20. The topological polar surface area (TPSA) is 122 Å². The highest BCUT2D eigenvalue weighted by atomic mass is 32.2. The van der Waals surface area contributed by atoms with E-state index in [1.165, 1.54) is 22.7 Å². The largest absolute Gasteiger partial charge is 0.309 e. The van der Waals surface area contributed by atoms with Crippen LogP contribution in [0.5, 0.6) is 0 Å². The second-order valence-corrected chi connectivity index (χ2v) is 11.2. The van der Waals surface area contributed by atoms with Gasteiger partial charge in [-0.15, -0.1) is 20.4 Å². The van der Waals surface area contributed by atoms with Gasteiger partial charge in [0, 0.05) is 12.8 Å². The van der Waals surface area contributed by atoms with Crippen molar-refractivity contribution >= 4 is 56.5 Å². The normalized spacial score (nSPS) is 12.0. The third-order valence-corrected chi connectivity index (χ3v) is 7.58. The maximum Gasteiger partial charge on any atom is 0.243 e. The van der Waals surface area contributed by atoms with Crippen molar-refractivity contribution in [2.24, 2.45) is 5.92 Å². The van der Waals surface area contributed by atoms with Crippen molar-refractivity contribution < 1.29 is 9.59 Å². The van der Waals surface area contributed by atoms with Gasteiger partial charge in [0.15, 0.2) is 0 Å². The summed E-state index contributed by atoms with van der Waals surface area (Å²) in [6, 6.07) is 9.34. The van der Waals surface area contributed by atoms with E-state index in [-0.39, 0.29) is 23.8 Å². The summed E-state index contributed by atoms with van der Waals surface area (Å²) in [6.45, 7) is 3.99. The van der Waals surface area contributed by atoms with Crippen LogP contribution < -0.4 is 16.0 Å². The molecule has 2 heterocycles. The van der Waals surface area contributed by atoms with E-state index in [1.54, 1.807) is 18.8 Å². The van der Waals surface area contributed by atoms with Crippen LogP contribution in [0, 0.1) is 5.92 Å². The molecule has 1 aromatic carbocycles. The van der Waals surface area contributed by atoms with E-state index in [2.05, 4.69) is 36.3 Å². The number of carbonyl (C=O) groups is 2. The Balaban J connectivity index is 1.33. The minimum Gasteiger partial charge on any atom is -0.309 e. The summed E-state index contributed by atoms with van der Waals surface area (Å²) in [6.07, 6.45) is 1.89. The van der Waals surface area contributed by atoms with Crippen molar-refractivity contribution in [3.63, 3.8) is 0 Å². The standard InChI is InChI=1S/C22H29N7O2S3/c1-14(2)19(23-3)20(31)25-22-29-27-18(34-22)10-12-32-11-9-17-26-28-21(33-17)24-16(30)13-15-7-5-4-6-8-15/h4-8,14,19,23H,9-13H2,1-3H3,(H,24,28,30)(H,25,29,31). The van der Waals surface area contributed by atoms with Gasteiger partial charge in [0.1, 0.15) is 10.0 Å². The van der Waals surface area contributed by atoms with Gasteiger partial charge in [0.25, 0.3) is 0 Å². The Morgan fingerprint density at radius 3 is 2.06 bits per heavy atom. The molecule has 0 saturated carbocycles. The first-order valence-electron chi connectivity index (χ1n) is 11.0. The van der Waals surface area contributed by atoms with E-state index >= 15 is 0 Å². The molecule has 3 N–H and O–H groups in total. The number of hydrogen-bond donors (Lipinski definition) is 3. The molecule has 0 bridgehead atoms. The summed E-state index contributed by atoms with van der Waals surface area (Å²) >= 11 is 4.61. The molecular weight excluding hydrogens is 490 g/mol. The fourth-order valence-corrected chi connectivity index (χ4v) is 5.76. The van der Waals surface area contributed by atoms with Gasteiger partial charge in [0.2, 0.25) is 22.1 Å². The zero-order valence-corrected chi connectivity index (χ0v) is 21.9. The lowest BCUT2D eigenvalue weighted by Crippen LogP contribution is -2.42. The zero-order chi connectivity index (χ0) is 24.3. The minimum atomic E-state index is -0.263. The van der Waals surface area contributed by atoms with Crippen LogP contribution in [0.4, 0.5) is 10.3 Å². The number of benzene rings is 1. The van der Waals surface area contributed by atoms with Gasteiger partial charge in [0.05, 0.1) is 12.5 Å². The third kappa shape index (κ3) is 8.42. The maximum atomic E-state index is 12.3. The van der Waals surface area contributed by atoms with Crippen LogP contribution in [-0.2, 0) is 28.9 Å². The van der Waals surface area contributed by atoms with Gasteiger partial charge in [-0.3, -0.25) is 14.9 Å². The smallest absolute Gasteiger partial charge is 0.243 e. The number of nitrogens with one attached hydrogen (secondary N) is 3. The quantitative estimate of drug-likeness (QED) is 0.294. The van der Waals surface area contributed by atoms with Crippen molar-refractivity contribution in [2.45, 2.75) is 39.2 Å². The Hall–Kier alpha value is -2.41. The van der Waals surface area contributed by atoms with Gasteiger partial charge in [-0.1, -0.05) is 66.9 Å². The Labute approximate surface area is 211 Å². The van der Waals surface area contributed by atoms with Crippen LogP contribution in [0.15, 0.2) is 30.3 Å². The Morgan fingerprint density at radius 2 is 1.50 bits per heavy atom. The lowest BCUT2D eigenvalue weighted by Gasteiger charge is -2.18. The van der Waals surface area contributed by atoms with Crippen molar-refractivity contribution in [2.75, 3.05) is 29.2 Å². The molecule has 9 nitrogen and oxygen atoms in total. The summed E-state index contributed by atoms with van der Waals surface area (Å²) in [4.78, 5) is 24.5. The molecule has 182 valence electrons. The number of thioether (sulfide) groups is 1. The lowest BCUT2D eigenvalue weighted by molar-refractivity contribution is -0.119. The molecule has 3 aromatic rings. The summed E-state index contributed by atoms with van der Waals surface area (Å²) in [7, 11) is 1.78. The molecule has 2 aromatic heterocycles. The summed E-state index contributed by atoms with van der Waals surface area (Å²) in [5.74, 6) is 1.78. The number of hydrogen-bond acceptors (Lipinski definition) is 10. The summed E-state index contributed by atoms with van der Waals surface area (Å²) < 4.78 is 0. The second kappa shape index (κ2) is 13.5. The minimum absolute atomic E-state index is 0.0951. The lowest BCUT2D eigenvalue weighted by atomic mass is 10.0. The van der Waals surface area contributed by atoms with Gasteiger partial charge >= 0.3 is 0 Å². The highest BCUT2D eigenvalue weighted by Gasteiger charge is 2.21. The van der Waals surface area contributed by atoms with Crippen LogP contribution in [0.25, 0.3) is 0 Å². The van der Waals surface area contributed by atoms with Crippen LogP contribution in [-0.4, -0.2) is 56.8 Å². The zero-order valence-electron chi connectivity index (χ0n) is 19.4. The molecule has 0 aliphatic heterocycles. The number of nitrogens with zero attached hydrogens (tertiary/aromatic N) is 4. The second-order valence-electron chi connectivity index (χ2n) is 7.82. The molecule has 34 heavy (non-hydrogen) atoms. The number of likely N-dealkylation sites (N-methyl/N-ethyl adjacent to an activating group) is 1. The van der Waals surface area contributed by atoms with Crippen LogP contribution in [0.1, 0.15) is 29.4 Å². The monoisotopic (exact) mass is 519 g/mol. The molecule has 12 heteroatoms. The number of aromatic nitrogens is 4. The predicted octanol–water partition coefficient (Wildman–Crippen LogP) is 3.27. The Morgan fingerprint density at radius 1 is 0.912 bits per heavy atom. The maximum absolute atomic E-state index is 12.3. The Bertz CT molecular complexity index is 1060. The molecule has 1 unspecified atom stereocenters. The average Bonchev–Trinajstić information content (AvgIpc) is 3.43. The predicted molar refractivity (Wildman–Crippen MR) is 140 cm³/mol. The number of aryl methyl sites for hydroxylation is 2. The van der Waals surface area contributed by atoms with Gasteiger partial charge in [-0.2, -0.15) is 11.8 Å². The van der Waals surface area contributed by atoms with E-state index in [4.69, 9.17) is 0 Å². The fourth-order valence-electron chi connectivity index (χ4n) is 3.13. The van der Waals surface area contributed by atoms with Gasteiger partial charge < -0.3 is 10.6 Å². The van der Waals surface area contributed by atoms with Crippen LogP contribution in [0.3, 0.4) is 0 Å². The van der Waals surface area contributed by atoms with E-state index in [9.17, 15) is 9.59 Å². The molecular formula is C22H29N7O2S3. The molecule has 0 aliphatic rings. The van der Waals surface area contributed by atoms with Crippen LogP contribution in [0.2, 0.25) is 0 Å². The van der Waals surface area contributed by atoms with Crippen LogP contribution >= 0.6 is 34.4 Å². The molecule has 0 aliphatic carbocycles. The van der Waals surface area contributed by atoms with E-state index in [1.807, 2.05) is 44.2 Å².